The molecule has 0 saturated carbocycles. The molecule has 0 aromatic heterocycles. The summed E-state index contributed by atoms with van der Waals surface area (Å²) in [4.78, 5) is -3.31. The monoisotopic (exact) mass is 559 g/mol. The van der Waals surface area contributed by atoms with E-state index in [1.54, 1.807) is 31.2 Å². The first-order valence-corrected chi connectivity index (χ1v) is 14.2. The Bertz CT molecular complexity index is 1720. The lowest BCUT2D eigenvalue weighted by Crippen LogP contribution is -2.21. The molecule has 0 aliphatic heterocycles. The first-order valence-electron chi connectivity index (χ1n) is 11.3. The van der Waals surface area contributed by atoms with Crippen LogP contribution in [0.15, 0.2) is 93.5 Å². The average molecular weight is 560 g/mol. The Morgan fingerprint density at radius 1 is 0.684 bits per heavy atom. The van der Waals surface area contributed by atoms with Gasteiger partial charge in [-0.15, -0.1) is 0 Å². The van der Waals surface area contributed by atoms with E-state index in [1.165, 1.54) is 62.4 Å². The van der Waals surface area contributed by atoms with E-state index in [1.807, 2.05) is 0 Å². The van der Waals surface area contributed by atoms with Gasteiger partial charge in [-0.25, -0.2) is 16.8 Å². The highest BCUT2D eigenvalue weighted by Crippen LogP contribution is 2.49. The van der Waals surface area contributed by atoms with E-state index in [2.05, 4.69) is 0 Å². The van der Waals surface area contributed by atoms with Gasteiger partial charge >= 0.3 is 6.18 Å². The average Bonchev–Trinajstić information content (AvgIpc) is 2.81. The lowest BCUT2D eigenvalue weighted by atomic mass is 9.92. The van der Waals surface area contributed by atoms with Crippen molar-refractivity contribution in [1.29, 1.82) is 0 Å². The summed E-state index contributed by atoms with van der Waals surface area (Å²) in [5.74, 6) is 0. The fourth-order valence-electron chi connectivity index (χ4n) is 4.80. The summed E-state index contributed by atoms with van der Waals surface area (Å²) in [5.41, 5.74) is -1.09. The van der Waals surface area contributed by atoms with Crippen LogP contribution >= 0.6 is 0 Å². The van der Waals surface area contributed by atoms with Gasteiger partial charge in [0.15, 0.2) is 0 Å². The van der Waals surface area contributed by atoms with Gasteiger partial charge in [-0.05, 0) is 54.7 Å². The Hall–Kier alpha value is -3.47. The molecule has 4 rings (SSSR count). The second-order valence-electron chi connectivity index (χ2n) is 8.92. The van der Waals surface area contributed by atoms with Crippen LogP contribution in [0.3, 0.4) is 0 Å². The molecule has 0 unspecified atom stereocenters. The van der Waals surface area contributed by atoms with Crippen LogP contribution in [0, 0.1) is 20.8 Å². The van der Waals surface area contributed by atoms with Crippen LogP contribution in [0.4, 0.5) is 13.2 Å². The molecule has 4 aromatic rings. The van der Waals surface area contributed by atoms with E-state index in [9.17, 15) is 34.6 Å². The largest absolute Gasteiger partial charge is 0.744 e. The third kappa shape index (κ3) is 4.99. The summed E-state index contributed by atoms with van der Waals surface area (Å²) >= 11 is 0. The summed E-state index contributed by atoms with van der Waals surface area (Å²) in [7, 11) is -10.8. The van der Waals surface area contributed by atoms with Gasteiger partial charge in [-0.3, -0.25) is 0 Å². The second kappa shape index (κ2) is 9.68. The van der Waals surface area contributed by atoms with E-state index in [4.69, 9.17) is 0 Å². The van der Waals surface area contributed by atoms with E-state index in [0.717, 1.165) is 0 Å². The highest BCUT2D eigenvalue weighted by atomic mass is 32.2. The predicted octanol–water partition coefficient (Wildman–Crippen LogP) is 6.70. The lowest BCUT2D eigenvalue weighted by Gasteiger charge is -2.26. The van der Waals surface area contributed by atoms with Crippen molar-refractivity contribution in [2.75, 3.05) is 0 Å². The molecule has 0 atom stereocenters. The van der Waals surface area contributed by atoms with Crippen LogP contribution in [0.2, 0.25) is 0 Å². The highest BCUT2D eigenvalue weighted by Gasteiger charge is 2.45. The minimum Gasteiger partial charge on any atom is -0.744 e. The molecule has 4 aromatic carbocycles. The normalized spacial score (nSPS) is 12.5. The molecule has 0 aliphatic carbocycles. The van der Waals surface area contributed by atoms with E-state index in [0.29, 0.717) is 11.6 Å². The number of hydrogen-bond acceptors (Lipinski definition) is 5. The van der Waals surface area contributed by atoms with Crippen molar-refractivity contribution in [2.24, 2.45) is 0 Å². The zero-order valence-electron chi connectivity index (χ0n) is 20.5. The molecule has 0 radical (unpaired) electrons. The van der Waals surface area contributed by atoms with Crippen molar-refractivity contribution in [3.63, 3.8) is 0 Å². The maximum atomic E-state index is 14.7. The topological polar surface area (TPSA) is 91.3 Å². The number of rotatable bonds is 5. The minimum absolute atomic E-state index is 0.104. The van der Waals surface area contributed by atoms with Gasteiger partial charge in [0, 0.05) is 5.56 Å². The molecule has 38 heavy (non-hydrogen) atoms. The quantitative estimate of drug-likeness (QED) is 0.254. The minimum atomic E-state index is -5.77. The van der Waals surface area contributed by atoms with Crippen molar-refractivity contribution < 1.29 is 34.6 Å². The van der Waals surface area contributed by atoms with Gasteiger partial charge in [-0.2, -0.15) is 13.2 Å². The fourth-order valence-corrected chi connectivity index (χ4v) is 7.75. The Balaban J connectivity index is 2.37. The zero-order valence-corrected chi connectivity index (χ0v) is 22.1. The van der Waals surface area contributed by atoms with Crippen molar-refractivity contribution in [3.8, 4) is 22.3 Å². The van der Waals surface area contributed by atoms with Crippen LogP contribution in [0.5, 0.6) is 0 Å². The number of aryl methyl sites for hydroxylation is 3. The van der Waals surface area contributed by atoms with Crippen molar-refractivity contribution in [2.45, 2.75) is 41.6 Å². The third-order valence-corrected chi connectivity index (χ3v) is 9.08. The summed E-state index contributed by atoms with van der Waals surface area (Å²) in [6.45, 7) is 4.62. The Kier molecular flexibility index (Phi) is 7.02. The van der Waals surface area contributed by atoms with E-state index < -0.39 is 41.5 Å². The zero-order chi connectivity index (χ0) is 28.0. The van der Waals surface area contributed by atoms with E-state index in [-0.39, 0.29) is 38.3 Å². The van der Waals surface area contributed by atoms with Crippen LogP contribution in [-0.2, 0) is 26.1 Å². The van der Waals surface area contributed by atoms with Gasteiger partial charge in [0.05, 0.1) is 20.2 Å². The van der Waals surface area contributed by atoms with E-state index >= 15 is 0 Å². The molecular formula is C28H22F3O5S2-. The van der Waals surface area contributed by atoms with Crippen LogP contribution < -0.4 is 0 Å². The predicted molar refractivity (Wildman–Crippen MR) is 136 cm³/mol. The van der Waals surface area contributed by atoms with Gasteiger partial charge in [0.2, 0.25) is 9.84 Å². The van der Waals surface area contributed by atoms with Gasteiger partial charge in [-0.1, -0.05) is 78.4 Å². The molecule has 0 bridgehead atoms. The maximum Gasteiger partial charge on any atom is 0.418 e. The third-order valence-electron chi connectivity index (χ3n) is 6.09. The van der Waals surface area contributed by atoms with Gasteiger partial charge in [0.25, 0.3) is 0 Å². The highest BCUT2D eigenvalue weighted by molar-refractivity contribution is 7.92. The van der Waals surface area contributed by atoms with Crippen LogP contribution in [-0.4, -0.2) is 21.4 Å². The van der Waals surface area contributed by atoms with Gasteiger partial charge in [0.1, 0.15) is 10.1 Å². The molecule has 0 saturated heterocycles. The first-order chi connectivity index (χ1) is 17.6. The number of hydrogen-bond donors (Lipinski definition) is 0. The van der Waals surface area contributed by atoms with Crippen molar-refractivity contribution >= 4 is 20.0 Å². The standard InChI is InChI=1S/C28H23F3O5S2/c1-17-14-18(2)26(19(3)15-17)37(32,33)27-24(21-12-8-5-9-13-21)22(20-10-6-4-7-11-20)16-23(38(34,35)36)25(27)28(29,30)31/h4-16H,1-3H3,(H,34,35,36)/p-1. The molecule has 0 amide bonds. The first kappa shape index (κ1) is 27.6. The smallest absolute Gasteiger partial charge is 0.418 e. The molecule has 0 N–H and O–H groups in total. The SMILES string of the molecule is Cc1cc(C)c(S(=O)(=O)c2c(-c3ccccc3)c(-c3ccccc3)cc(S(=O)(=O)[O-])c2C(F)(F)F)c(C)c1. The Morgan fingerprint density at radius 3 is 1.61 bits per heavy atom. The summed E-state index contributed by atoms with van der Waals surface area (Å²) < 4.78 is 110. The fraction of sp³-hybridized carbons (Fsp3) is 0.143. The molecule has 198 valence electrons. The molecule has 5 nitrogen and oxygen atoms in total. The van der Waals surface area contributed by atoms with Crippen molar-refractivity contribution in [1.82, 2.24) is 0 Å². The molecule has 0 heterocycles. The van der Waals surface area contributed by atoms with Crippen molar-refractivity contribution in [3.05, 3.63) is 101 Å². The summed E-state index contributed by atoms with van der Waals surface area (Å²) in [6.07, 6.45) is -5.50. The number of halogens is 3. The Morgan fingerprint density at radius 2 is 1.16 bits per heavy atom. The maximum absolute atomic E-state index is 14.7. The molecule has 0 spiro atoms. The molecule has 10 heteroatoms. The van der Waals surface area contributed by atoms with Crippen LogP contribution in [0.1, 0.15) is 22.3 Å². The molecular weight excluding hydrogens is 537 g/mol. The summed E-state index contributed by atoms with van der Waals surface area (Å²) in [5, 5.41) is 0. The second-order valence-corrected chi connectivity index (χ2v) is 12.1. The van der Waals surface area contributed by atoms with Gasteiger partial charge < -0.3 is 4.55 Å². The lowest BCUT2D eigenvalue weighted by molar-refractivity contribution is -0.142. The van der Waals surface area contributed by atoms with Crippen LogP contribution in [0.25, 0.3) is 22.3 Å². The number of benzene rings is 4. The number of alkyl halides is 3. The Labute approximate surface area is 219 Å². The molecule has 0 aliphatic rings. The number of sulfone groups is 1. The summed E-state index contributed by atoms with van der Waals surface area (Å²) in [6, 6.07) is 18.9. The molecule has 0 fully saturated rings.